The Hall–Kier alpha value is -3.65. The summed E-state index contributed by atoms with van der Waals surface area (Å²) in [4.78, 5) is 25.4. The molecule has 6 nitrogen and oxygen atoms in total. The Kier molecular flexibility index (Phi) is 7.04. The summed E-state index contributed by atoms with van der Waals surface area (Å²) in [6, 6.07) is 16.8. The van der Waals surface area contributed by atoms with Crippen LogP contribution in [-0.4, -0.2) is 25.5 Å². The summed E-state index contributed by atoms with van der Waals surface area (Å²) in [5.74, 6) is -1.29. The Morgan fingerprint density at radius 2 is 1.61 bits per heavy atom. The average Bonchev–Trinajstić information content (AvgIpc) is 2.75. The van der Waals surface area contributed by atoms with Crippen LogP contribution in [-0.2, 0) is 0 Å². The van der Waals surface area contributed by atoms with Crippen LogP contribution in [0.5, 0.6) is 11.5 Å². The van der Waals surface area contributed by atoms with E-state index in [2.05, 4.69) is 15.4 Å². The van der Waals surface area contributed by atoms with Crippen molar-refractivity contribution in [3.8, 4) is 11.5 Å². The van der Waals surface area contributed by atoms with Gasteiger partial charge in [-0.25, -0.2) is 0 Å². The molecule has 0 unspecified atom stereocenters. The maximum Gasteiger partial charge on any atom is 0.387 e. The SMILES string of the molecule is COc1ccc(C(=O)Nc2ccccc2C(=O)Nc2ccc(Cl)cc2)cc1OC(F)F. The lowest BCUT2D eigenvalue weighted by Gasteiger charge is -2.13. The summed E-state index contributed by atoms with van der Waals surface area (Å²) in [5, 5.41) is 5.86. The molecule has 2 amide bonds. The van der Waals surface area contributed by atoms with Gasteiger partial charge in [-0.05, 0) is 54.6 Å². The average molecular weight is 447 g/mol. The van der Waals surface area contributed by atoms with Gasteiger partial charge in [-0.1, -0.05) is 23.7 Å². The maximum atomic E-state index is 12.7. The van der Waals surface area contributed by atoms with Crippen molar-refractivity contribution >= 4 is 34.8 Å². The van der Waals surface area contributed by atoms with Crippen LogP contribution in [0.15, 0.2) is 66.7 Å². The molecule has 0 saturated heterocycles. The fourth-order valence-electron chi connectivity index (χ4n) is 2.72. The highest BCUT2D eigenvalue weighted by atomic mass is 35.5. The van der Waals surface area contributed by atoms with E-state index in [1.807, 2.05) is 0 Å². The first-order chi connectivity index (χ1) is 14.9. The lowest BCUT2D eigenvalue weighted by atomic mass is 10.1. The normalized spacial score (nSPS) is 10.5. The largest absolute Gasteiger partial charge is 0.493 e. The Labute approximate surface area is 181 Å². The van der Waals surface area contributed by atoms with Crippen LogP contribution >= 0.6 is 11.6 Å². The lowest BCUT2D eigenvalue weighted by Crippen LogP contribution is -2.18. The van der Waals surface area contributed by atoms with Crippen LogP contribution < -0.4 is 20.1 Å². The minimum Gasteiger partial charge on any atom is -0.493 e. The van der Waals surface area contributed by atoms with E-state index in [-0.39, 0.29) is 28.3 Å². The van der Waals surface area contributed by atoms with Crippen molar-refractivity contribution < 1.29 is 27.8 Å². The molecule has 0 heterocycles. The minimum absolute atomic E-state index is 0.0457. The number of amides is 2. The first-order valence-corrected chi connectivity index (χ1v) is 9.35. The van der Waals surface area contributed by atoms with E-state index in [1.54, 1.807) is 48.5 Å². The van der Waals surface area contributed by atoms with Crippen molar-refractivity contribution in [2.45, 2.75) is 6.61 Å². The number of nitrogens with one attached hydrogen (secondary N) is 2. The molecular formula is C22H17ClF2N2O4. The molecule has 3 rings (SSSR count). The molecule has 0 aliphatic heterocycles. The first-order valence-electron chi connectivity index (χ1n) is 8.97. The number of halogens is 3. The molecule has 160 valence electrons. The van der Waals surface area contributed by atoms with Gasteiger partial charge in [0, 0.05) is 16.3 Å². The van der Waals surface area contributed by atoms with Gasteiger partial charge in [0.15, 0.2) is 11.5 Å². The molecule has 0 saturated carbocycles. The van der Waals surface area contributed by atoms with Gasteiger partial charge in [0.25, 0.3) is 11.8 Å². The highest BCUT2D eigenvalue weighted by Crippen LogP contribution is 2.30. The smallest absolute Gasteiger partial charge is 0.387 e. The number of carbonyl (C=O) groups excluding carboxylic acids is 2. The lowest BCUT2D eigenvalue weighted by molar-refractivity contribution is -0.0512. The van der Waals surface area contributed by atoms with Gasteiger partial charge in [0.1, 0.15) is 0 Å². The van der Waals surface area contributed by atoms with E-state index in [0.29, 0.717) is 10.7 Å². The number of methoxy groups -OCH3 is 1. The monoisotopic (exact) mass is 446 g/mol. The molecular weight excluding hydrogens is 430 g/mol. The molecule has 0 aliphatic rings. The molecule has 0 atom stereocenters. The van der Waals surface area contributed by atoms with Crippen LogP contribution in [0.2, 0.25) is 5.02 Å². The molecule has 0 aliphatic carbocycles. The number of para-hydroxylation sites is 1. The molecule has 2 N–H and O–H groups in total. The summed E-state index contributed by atoms with van der Waals surface area (Å²) in [6.45, 7) is -3.08. The topological polar surface area (TPSA) is 76.7 Å². The van der Waals surface area contributed by atoms with Gasteiger partial charge in [-0.3, -0.25) is 9.59 Å². The van der Waals surface area contributed by atoms with E-state index in [4.69, 9.17) is 16.3 Å². The molecule has 0 fully saturated rings. The molecule has 3 aromatic carbocycles. The maximum absolute atomic E-state index is 12.7. The Balaban J connectivity index is 1.81. The third kappa shape index (κ3) is 5.70. The number of carbonyl (C=O) groups is 2. The Morgan fingerprint density at radius 1 is 0.903 bits per heavy atom. The summed E-state index contributed by atoms with van der Waals surface area (Å²) >= 11 is 5.85. The van der Waals surface area contributed by atoms with Crippen LogP contribution in [0.3, 0.4) is 0 Å². The van der Waals surface area contributed by atoms with Gasteiger partial charge >= 0.3 is 6.61 Å². The predicted octanol–water partition coefficient (Wildman–Crippen LogP) is 5.45. The van der Waals surface area contributed by atoms with Gasteiger partial charge in [-0.15, -0.1) is 0 Å². The zero-order valence-electron chi connectivity index (χ0n) is 16.2. The van der Waals surface area contributed by atoms with Crippen LogP contribution in [0.25, 0.3) is 0 Å². The number of hydrogen-bond donors (Lipinski definition) is 2. The van der Waals surface area contributed by atoms with E-state index in [0.717, 1.165) is 6.07 Å². The molecule has 31 heavy (non-hydrogen) atoms. The van der Waals surface area contributed by atoms with Gasteiger partial charge in [-0.2, -0.15) is 8.78 Å². The quantitative estimate of drug-likeness (QED) is 0.505. The molecule has 9 heteroatoms. The fourth-order valence-corrected chi connectivity index (χ4v) is 2.85. The Morgan fingerprint density at radius 3 is 2.29 bits per heavy atom. The predicted molar refractivity (Wildman–Crippen MR) is 113 cm³/mol. The zero-order valence-corrected chi connectivity index (χ0v) is 17.0. The number of benzene rings is 3. The minimum atomic E-state index is -3.08. The fraction of sp³-hybridized carbons (Fsp3) is 0.0909. The van der Waals surface area contributed by atoms with Crippen molar-refractivity contribution in [2.24, 2.45) is 0 Å². The number of ether oxygens (including phenoxy) is 2. The zero-order chi connectivity index (χ0) is 22.4. The van der Waals surface area contributed by atoms with E-state index in [9.17, 15) is 18.4 Å². The number of rotatable bonds is 7. The van der Waals surface area contributed by atoms with Crippen molar-refractivity contribution in [3.63, 3.8) is 0 Å². The molecule has 3 aromatic rings. The third-order valence-electron chi connectivity index (χ3n) is 4.16. The van der Waals surface area contributed by atoms with E-state index >= 15 is 0 Å². The Bertz CT molecular complexity index is 1090. The molecule has 0 spiro atoms. The van der Waals surface area contributed by atoms with Crippen LogP contribution in [0.4, 0.5) is 20.2 Å². The summed E-state index contributed by atoms with van der Waals surface area (Å²) in [5.41, 5.74) is 1.03. The third-order valence-corrected chi connectivity index (χ3v) is 4.42. The second kappa shape index (κ2) is 9.90. The summed E-state index contributed by atoms with van der Waals surface area (Å²) < 4.78 is 34.6. The van der Waals surface area contributed by atoms with Gasteiger partial charge in [0.05, 0.1) is 18.4 Å². The van der Waals surface area contributed by atoms with Crippen LogP contribution in [0, 0.1) is 0 Å². The second-order valence-corrected chi connectivity index (χ2v) is 6.64. The number of hydrogen-bond acceptors (Lipinski definition) is 4. The molecule has 0 bridgehead atoms. The van der Waals surface area contributed by atoms with Crippen molar-refractivity contribution in [1.82, 2.24) is 0 Å². The van der Waals surface area contributed by atoms with Gasteiger partial charge in [0.2, 0.25) is 0 Å². The first kappa shape index (κ1) is 22.0. The highest BCUT2D eigenvalue weighted by Gasteiger charge is 2.17. The molecule has 0 radical (unpaired) electrons. The van der Waals surface area contributed by atoms with Crippen molar-refractivity contribution in [1.29, 1.82) is 0 Å². The summed E-state index contributed by atoms with van der Waals surface area (Å²) in [6.07, 6.45) is 0. The summed E-state index contributed by atoms with van der Waals surface area (Å²) in [7, 11) is 1.29. The van der Waals surface area contributed by atoms with Crippen LogP contribution in [0.1, 0.15) is 20.7 Å². The van der Waals surface area contributed by atoms with Crippen molar-refractivity contribution in [3.05, 3.63) is 82.9 Å². The van der Waals surface area contributed by atoms with E-state index < -0.39 is 18.4 Å². The highest BCUT2D eigenvalue weighted by molar-refractivity contribution is 6.30. The second-order valence-electron chi connectivity index (χ2n) is 6.20. The molecule has 0 aromatic heterocycles. The van der Waals surface area contributed by atoms with Gasteiger partial charge < -0.3 is 20.1 Å². The van der Waals surface area contributed by atoms with Crippen molar-refractivity contribution in [2.75, 3.05) is 17.7 Å². The number of alkyl halides is 2. The van der Waals surface area contributed by atoms with E-state index in [1.165, 1.54) is 19.2 Å². The standard InChI is InChI=1S/C22H17ClF2N2O4/c1-30-18-11-6-13(12-19(18)31-22(24)25)20(28)27-17-5-3-2-4-16(17)21(29)26-15-9-7-14(23)8-10-15/h2-12,22H,1H3,(H,26,29)(H,27,28). The number of anilines is 2.